The van der Waals surface area contributed by atoms with Gasteiger partial charge in [-0.15, -0.1) is 0 Å². The van der Waals surface area contributed by atoms with Gasteiger partial charge in [-0.2, -0.15) is 0 Å². The first-order valence-electron chi connectivity index (χ1n) is 6.57. The highest BCUT2D eigenvalue weighted by Gasteiger charge is 2.12. The molecule has 0 aliphatic heterocycles. The fraction of sp³-hybridized carbons (Fsp3) is 0.333. The molecule has 5 heteroatoms. The van der Waals surface area contributed by atoms with Gasteiger partial charge in [-0.05, 0) is 26.0 Å². The van der Waals surface area contributed by atoms with E-state index in [9.17, 15) is 4.79 Å². The van der Waals surface area contributed by atoms with Gasteiger partial charge in [0.15, 0.2) is 0 Å². The highest BCUT2D eigenvalue weighted by atomic mass is 16.5. The van der Waals surface area contributed by atoms with Crippen molar-refractivity contribution in [1.29, 1.82) is 0 Å². The van der Waals surface area contributed by atoms with E-state index in [1.165, 1.54) is 7.11 Å². The van der Waals surface area contributed by atoms with Crippen LogP contribution in [0.15, 0.2) is 30.7 Å². The van der Waals surface area contributed by atoms with Crippen molar-refractivity contribution in [1.82, 2.24) is 9.55 Å². The maximum atomic E-state index is 11.8. The molecule has 1 heterocycles. The van der Waals surface area contributed by atoms with Crippen LogP contribution in [0, 0.1) is 6.92 Å². The van der Waals surface area contributed by atoms with Gasteiger partial charge in [-0.3, -0.25) is 0 Å². The molecule has 5 nitrogen and oxygen atoms in total. The number of nitrogens with one attached hydrogen (secondary N) is 1. The van der Waals surface area contributed by atoms with Crippen LogP contribution in [0.1, 0.15) is 28.5 Å². The number of imidazole rings is 1. The second-order valence-electron chi connectivity index (χ2n) is 4.57. The summed E-state index contributed by atoms with van der Waals surface area (Å²) in [7, 11) is 1.39. The van der Waals surface area contributed by atoms with Gasteiger partial charge < -0.3 is 14.6 Å². The number of ether oxygens (including phenoxy) is 1. The van der Waals surface area contributed by atoms with E-state index in [1.54, 1.807) is 6.33 Å². The van der Waals surface area contributed by atoms with E-state index in [0.717, 1.165) is 23.5 Å². The van der Waals surface area contributed by atoms with Crippen LogP contribution in [0.4, 0.5) is 5.69 Å². The molecule has 0 bridgehead atoms. The predicted octanol–water partition coefficient (Wildman–Crippen LogP) is 2.61. The third-order valence-corrected chi connectivity index (χ3v) is 3.18. The number of esters is 1. The minimum atomic E-state index is -0.333. The molecule has 20 heavy (non-hydrogen) atoms. The number of rotatable bonds is 5. The number of hydrogen-bond donors (Lipinski definition) is 1. The summed E-state index contributed by atoms with van der Waals surface area (Å²) < 4.78 is 6.87. The fourth-order valence-electron chi connectivity index (χ4n) is 2.06. The van der Waals surface area contributed by atoms with Crippen molar-refractivity contribution in [3.8, 4) is 0 Å². The fourth-order valence-corrected chi connectivity index (χ4v) is 2.06. The number of aryl methyl sites for hydroxylation is 2. The third kappa shape index (κ3) is 2.99. The van der Waals surface area contributed by atoms with Crippen LogP contribution in [0.25, 0.3) is 0 Å². The molecule has 0 aliphatic rings. The number of benzene rings is 1. The van der Waals surface area contributed by atoms with Crippen molar-refractivity contribution in [3.05, 3.63) is 47.5 Å². The topological polar surface area (TPSA) is 56.2 Å². The van der Waals surface area contributed by atoms with Gasteiger partial charge >= 0.3 is 5.97 Å². The highest BCUT2D eigenvalue weighted by molar-refractivity contribution is 5.95. The number of anilines is 1. The summed E-state index contributed by atoms with van der Waals surface area (Å²) in [6.45, 7) is 5.50. The van der Waals surface area contributed by atoms with Gasteiger partial charge in [-0.25, -0.2) is 9.78 Å². The van der Waals surface area contributed by atoms with E-state index < -0.39 is 0 Å². The molecule has 1 aromatic heterocycles. The Bertz CT molecular complexity index is 605. The van der Waals surface area contributed by atoms with Crippen LogP contribution in [-0.4, -0.2) is 22.6 Å². The van der Waals surface area contributed by atoms with Crippen molar-refractivity contribution in [2.45, 2.75) is 26.9 Å². The second kappa shape index (κ2) is 6.23. The Hall–Kier alpha value is -2.30. The minimum absolute atomic E-state index is 0.333. The van der Waals surface area contributed by atoms with E-state index in [0.29, 0.717) is 12.1 Å². The summed E-state index contributed by atoms with van der Waals surface area (Å²) in [6, 6.07) is 5.69. The van der Waals surface area contributed by atoms with Gasteiger partial charge in [-0.1, -0.05) is 11.6 Å². The molecule has 1 aromatic carbocycles. The molecule has 0 amide bonds. The first-order chi connectivity index (χ1) is 9.65. The smallest absolute Gasteiger partial charge is 0.339 e. The first kappa shape index (κ1) is 14.1. The van der Waals surface area contributed by atoms with Gasteiger partial charge in [0.05, 0.1) is 31.2 Å². The monoisotopic (exact) mass is 273 g/mol. The summed E-state index contributed by atoms with van der Waals surface area (Å²) in [5.74, 6) is -0.333. The van der Waals surface area contributed by atoms with Crippen LogP contribution in [0.2, 0.25) is 0 Å². The van der Waals surface area contributed by atoms with Crippen LogP contribution in [0.5, 0.6) is 0 Å². The van der Waals surface area contributed by atoms with Gasteiger partial charge in [0, 0.05) is 18.4 Å². The molecule has 0 aliphatic carbocycles. The summed E-state index contributed by atoms with van der Waals surface area (Å²) in [6.07, 6.45) is 3.62. The Kier molecular flexibility index (Phi) is 4.40. The van der Waals surface area contributed by atoms with E-state index in [1.807, 2.05) is 31.3 Å². The van der Waals surface area contributed by atoms with Crippen molar-refractivity contribution in [2.75, 3.05) is 12.4 Å². The molecule has 0 saturated carbocycles. The summed E-state index contributed by atoms with van der Waals surface area (Å²) in [5, 5.41) is 3.27. The number of hydrogen-bond acceptors (Lipinski definition) is 4. The number of aromatic nitrogens is 2. The lowest BCUT2D eigenvalue weighted by Gasteiger charge is -2.12. The maximum absolute atomic E-state index is 11.8. The number of nitrogens with zero attached hydrogens (tertiary/aromatic N) is 2. The predicted molar refractivity (Wildman–Crippen MR) is 77.7 cm³/mol. The molecule has 106 valence electrons. The second-order valence-corrected chi connectivity index (χ2v) is 4.57. The van der Waals surface area contributed by atoms with Crippen molar-refractivity contribution in [2.24, 2.45) is 0 Å². The van der Waals surface area contributed by atoms with Gasteiger partial charge in [0.25, 0.3) is 0 Å². The SMILES string of the molecule is CCn1cncc1CNc1ccc(C)cc1C(=O)OC. The zero-order valence-corrected chi connectivity index (χ0v) is 12.0. The normalized spacial score (nSPS) is 10.3. The van der Waals surface area contributed by atoms with Gasteiger partial charge in [0.2, 0.25) is 0 Å². The molecule has 0 spiro atoms. The lowest BCUT2D eigenvalue weighted by atomic mass is 10.1. The zero-order valence-electron chi connectivity index (χ0n) is 12.0. The van der Waals surface area contributed by atoms with Crippen LogP contribution in [-0.2, 0) is 17.8 Å². The summed E-state index contributed by atoms with van der Waals surface area (Å²) >= 11 is 0. The summed E-state index contributed by atoms with van der Waals surface area (Å²) in [4.78, 5) is 15.9. The summed E-state index contributed by atoms with van der Waals surface area (Å²) in [5.41, 5.74) is 3.42. The molecular weight excluding hydrogens is 254 g/mol. The van der Waals surface area contributed by atoms with E-state index in [-0.39, 0.29) is 5.97 Å². The lowest BCUT2D eigenvalue weighted by molar-refractivity contribution is 0.0601. The van der Waals surface area contributed by atoms with Crippen LogP contribution < -0.4 is 5.32 Å². The molecule has 2 rings (SSSR count). The maximum Gasteiger partial charge on any atom is 0.339 e. The Balaban J connectivity index is 2.19. The Labute approximate surface area is 118 Å². The molecular formula is C15H19N3O2. The zero-order chi connectivity index (χ0) is 14.5. The van der Waals surface area contributed by atoms with Crippen LogP contribution >= 0.6 is 0 Å². The standard InChI is InChI=1S/C15H19N3O2/c1-4-18-10-16-8-12(18)9-17-14-6-5-11(2)7-13(14)15(19)20-3/h5-8,10,17H,4,9H2,1-3H3. The highest BCUT2D eigenvalue weighted by Crippen LogP contribution is 2.19. The quantitative estimate of drug-likeness (QED) is 0.851. The van der Waals surface area contributed by atoms with Gasteiger partial charge in [0.1, 0.15) is 0 Å². The van der Waals surface area contributed by atoms with E-state index in [2.05, 4.69) is 21.8 Å². The van der Waals surface area contributed by atoms with Crippen molar-refractivity contribution < 1.29 is 9.53 Å². The van der Waals surface area contributed by atoms with Crippen molar-refractivity contribution >= 4 is 11.7 Å². The Morgan fingerprint density at radius 3 is 2.95 bits per heavy atom. The van der Waals surface area contributed by atoms with Crippen molar-refractivity contribution in [3.63, 3.8) is 0 Å². The number of carbonyl (C=O) groups is 1. The third-order valence-electron chi connectivity index (χ3n) is 3.18. The van der Waals surface area contributed by atoms with Crippen LogP contribution in [0.3, 0.4) is 0 Å². The number of carbonyl (C=O) groups excluding carboxylic acids is 1. The molecule has 0 saturated heterocycles. The number of methoxy groups -OCH3 is 1. The van der Waals surface area contributed by atoms with E-state index >= 15 is 0 Å². The van der Waals surface area contributed by atoms with E-state index in [4.69, 9.17) is 4.74 Å². The average Bonchev–Trinajstić information content (AvgIpc) is 2.92. The molecule has 0 unspecified atom stereocenters. The largest absolute Gasteiger partial charge is 0.465 e. The molecule has 0 atom stereocenters. The Morgan fingerprint density at radius 2 is 2.25 bits per heavy atom. The first-order valence-corrected chi connectivity index (χ1v) is 6.57. The molecule has 0 radical (unpaired) electrons. The molecule has 0 fully saturated rings. The minimum Gasteiger partial charge on any atom is -0.465 e. The molecule has 1 N–H and O–H groups in total. The Morgan fingerprint density at radius 1 is 1.45 bits per heavy atom. The lowest BCUT2D eigenvalue weighted by Crippen LogP contribution is -2.10. The molecule has 2 aromatic rings. The average molecular weight is 273 g/mol.